The van der Waals surface area contributed by atoms with Crippen LogP contribution in [0.4, 0.5) is 0 Å². The van der Waals surface area contributed by atoms with Crippen molar-refractivity contribution in [3.05, 3.63) is 52.0 Å². The maximum atomic E-state index is 6.34. The fourth-order valence-corrected chi connectivity index (χ4v) is 2.88. The van der Waals surface area contributed by atoms with Crippen LogP contribution in [0.2, 0.25) is 5.02 Å². The molecule has 0 aliphatic carbocycles. The number of alkyl halides is 1. The molecule has 3 rings (SSSR count). The number of benzene rings is 1. The van der Waals surface area contributed by atoms with Gasteiger partial charge in [-0.2, -0.15) is 0 Å². The number of aromatic nitrogens is 3. The van der Waals surface area contributed by atoms with Crippen molar-refractivity contribution < 1.29 is 0 Å². The van der Waals surface area contributed by atoms with E-state index in [4.69, 9.17) is 23.2 Å². The molecule has 20 heavy (non-hydrogen) atoms. The summed E-state index contributed by atoms with van der Waals surface area (Å²) in [6.45, 7) is 0. The Labute approximate surface area is 134 Å². The lowest BCUT2D eigenvalue weighted by atomic mass is 10.3. The summed E-state index contributed by atoms with van der Waals surface area (Å²) >= 11 is 15.7. The van der Waals surface area contributed by atoms with Gasteiger partial charge in [0, 0.05) is 23.0 Å². The van der Waals surface area contributed by atoms with Crippen LogP contribution in [0.25, 0.3) is 16.7 Å². The van der Waals surface area contributed by atoms with Gasteiger partial charge in [-0.3, -0.25) is 9.55 Å². The van der Waals surface area contributed by atoms with E-state index in [1.54, 1.807) is 12.4 Å². The van der Waals surface area contributed by atoms with E-state index in [0.29, 0.717) is 17.3 Å². The summed E-state index contributed by atoms with van der Waals surface area (Å²) in [4.78, 5) is 8.70. The lowest BCUT2D eigenvalue weighted by Gasteiger charge is -2.11. The lowest BCUT2D eigenvalue weighted by molar-refractivity contribution is 0.912. The second-order valence-electron chi connectivity index (χ2n) is 4.26. The molecule has 0 saturated heterocycles. The molecule has 0 fully saturated rings. The molecule has 0 radical (unpaired) electrons. The molecule has 0 aliphatic heterocycles. The van der Waals surface area contributed by atoms with Gasteiger partial charge in [-0.05, 0) is 24.3 Å². The molecule has 6 heteroatoms. The molecule has 3 aromatic rings. The van der Waals surface area contributed by atoms with Gasteiger partial charge < -0.3 is 0 Å². The number of imidazole rings is 1. The monoisotopic (exact) mass is 369 g/mol. The zero-order valence-electron chi connectivity index (χ0n) is 10.4. The third-order valence-electron chi connectivity index (χ3n) is 2.99. The second-order valence-corrected chi connectivity index (χ2v) is 5.96. The number of aryl methyl sites for hydroxylation is 1. The Morgan fingerprint density at radius 3 is 2.90 bits per heavy atom. The van der Waals surface area contributed by atoms with E-state index in [1.807, 2.05) is 28.8 Å². The summed E-state index contributed by atoms with van der Waals surface area (Å²) in [5.41, 5.74) is 2.69. The largest absolute Gasteiger partial charge is 0.295 e. The Balaban J connectivity index is 2.33. The van der Waals surface area contributed by atoms with Gasteiger partial charge in [0.25, 0.3) is 0 Å². The number of pyridine rings is 1. The Hall–Kier alpha value is -1.10. The number of fused-ring (bicyclic) bond motifs is 1. The Morgan fingerprint density at radius 1 is 1.25 bits per heavy atom. The Bertz CT molecular complexity index is 770. The van der Waals surface area contributed by atoms with Crippen LogP contribution in [0.15, 0.2) is 41.1 Å². The summed E-state index contributed by atoms with van der Waals surface area (Å²) < 4.78 is 3.00. The number of hydrogen-bond acceptors (Lipinski definition) is 2. The highest BCUT2D eigenvalue weighted by Crippen LogP contribution is 2.29. The molecule has 0 bridgehead atoms. The van der Waals surface area contributed by atoms with Crippen LogP contribution in [-0.2, 0) is 6.42 Å². The zero-order valence-corrected chi connectivity index (χ0v) is 13.5. The van der Waals surface area contributed by atoms with E-state index in [-0.39, 0.29) is 0 Å². The fourth-order valence-electron chi connectivity index (χ4n) is 2.16. The van der Waals surface area contributed by atoms with Crippen LogP contribution in [0, 0.1) is 0 Å². The Morgan fingerprint density at radius 2 is 2.10 bits per heavy atom. The summed E-state index contributed by atoms with van der Waals surface area (Å²) in [5.74, 6) is 1.38. The summed E-state index contributed by atoms with van der Waals surface area (Å²) in [6, 6.07) is 7.67. The van der Waals surface area contributed by atoms with Crippen LogP contribution in [0.5, 0.6) is 0 Å². The van der Waals surface area contributed by atoms with Crippen molar-refractivity contribution in [1.82, 2.24) is 14.5 Å². The standard InChI is InChI=1S/C14H10BrCl2N3/c15-9-1-2-10(17)13(7-9)20-12-4-6-18-8-11(12)19-14(20)3-5-16/h1-2,4,6-8H,3,5H2. The third kappa shape index (κ3) is 2.43. The summed E-state index contributed by atoms with van der Waals surface area (Å²) in [6.07, 6.45) is 4.16. The first-order valence-electron chi connectivity index (χ1n) is 6.03. The molecule has 0 aliphatic rings. The molecule has 2 aromatic heterocycles. The van der Waals surface area contributed by atoms with Crippen molar-refractivity contribution in [1.29, 1.82) is 0 Å². The first-order valence-corrected chi connectivity index (χ1v) is 7.74. The first-order chi connectivity index (χ1) is 9.70. The minimum absolute atomic E-state index is 0.502. The van der Waals surface area contributed by atoms with Gasteiger partial charge in [-0.1, -0.05) is 27.5 Å². The van der Waals surface area contributed by atoms with Gasteiger partial charge >= 0.3 is 0 Å². The van der Waals surface area contributed by atoms with E-state index >= 15 is 0 Å². The van der Waals surface area contributed by atoms with Crippen LogP contribution in [-0.4, -0.2) is 20.4 Å². The van der Waals surface area contributed by atoms with E-state index in [0.717, 1.165) is 27.0 Å². The topological polar surface area (TPSA) is 30.7 Å². The van der Waals surface area contributed by atoms with Crippen LogP contribution >= 0.6 is 39.1 Å². The third-order valence-corrected chi connectivity index (χ3v) is 4.00. The van der Waals surface area contributed by atoms with Gasteiger partial charge in [-0.25, -0.2) is 4.98 Å². The van der Waals surface area contributed by atoms with Crippen molar-refractivity contribution in [2.75, 3.05) is 5.88 Å². The van der Waals surface area contributed by atoms with E-state index in [2.05, 4.69) is 25.9 Å². The van der Waals surface area contributed by atoms with Gasteiger partial charge in [0.2, 0.25) is 0 Å². The number of rotatable bonds is 3. The minimum Gasteiger partial charge on any atom is -0.295 e. The predicted molar refractivity (Wildman–Crippen MR) is 86.0 cm³/mol. The second kappa shape index (κ2) is 5.72. The van der Waals surface area contributed by atoms with Crippen molar-refractivity contribution in [2.45, 2.75) is 6.42 Å². The first kappa shape index (κ1) is 13.9. The molecule has 3 nitrogen and oxygen atoms in total. The molecular formula is C14H10BrCl2N3. The predicted octanol–water partition coefficient (Wildman–Crippen LogP) is 4.62. The molecule has 2 heterocycles. The van der Waals surface area contributed by atoms with Gasteiger partial charge in [0.1, 0.15) is 11.3 Å². The van der Waals surface area contributed by atoms with Gasteiger partial charge in [0.15, 0.2) is 0 Å². The van der Waals surface area contributed by atoms with Crippen LogP contribution in [0.3, 0.4) is 0 Å². The molecule has 0 unspecified atom stereocenters. The van der Waals surface area contributed by atoms with Crippen LogP contribution < -0.4 is 0 Å². The van der Waals surface area contributed by atoms with Crippen molar-refractivity contribution in [3.8, 4) is 5.69 Å². The van der Waals surface area contributed by atoms with Gasteiger partial charge in [-0.15, -0.1) is 11.6 Å². The quantitative estimate of drug-likeness (QED) is 0.630. The summed E-state index contributed by atoms with van der Waals surface area (Å²) in [7, 11) is 0. The highest BCUT2D eigenvalue weighted by atomic mass is 79.9. The SMILES string of the molecule is ClCCc1nc2cnccc2n1-c1cc(Br)ccc1Cl. The maximum Gasteiger partial charge on any atom is 0.115 e. The van der Waals surface area contributed by atoms with E-state index in [1.165, 1.54) is 0 Å². The van der Waals surface area contributed by atoms with Crippen LogP contribution in [0.1, 0.15) is 5.82 Å². The minimum atomic E-state index is 0.502. The lowest BCUT2D eigenvalue weighted by Crippen LogP contribution is -2.03. The normalized spacial score (nSPS) is 11.2. The smallest absolute Gasteiger partial charge is 0.115 e. The highest BCUT2D eigenvalue weighted by molar-refractivity contribution is 9.10. The van der Waals surface area contributed by atoms with E-state index in [9.17, 15) is 0 Å². The molecule has 0 saturated carbocycles. The Kier molecular flexibility index (Phi) is 3.96. The molecule has 0 N–H and O–H groups in total. The fraction of sp³-hybridized carbons (Fsp3) is 0.143. The maximum absolute atomic E-state index is 6.34. The number of hydrogen-bond donors (Lipinski definition) is 0. The molecule has 102 valence electrons. The average Bonchev–Trinajstić information content (AvgIpc) is 2.80. The highest BCUT2D eigenvalue weighted by Gasteiger charge is 2.14. The van der Waals surface area contributed by atoms with Crippen molar-refractivity contribution >= 4 is 50.2 Å². The van der Waals surface area contributed by atoms with Crippen molar-refractivity contribution in [3.63, 3.8) is 0 Å². The molecule has 0 amide bonds. The number of nitrogens with zero attached hydrogens (tertiary/aromatic N) is 3. The molecular weight excluding hydrogens is 361 g/mol. The average molecular weight is 371 g/mol. The summed E-state index contributed by atoms with van der Waals surface area (Å²) in [5, 5.41) is 0.667. The molecule has 0 spiro atoms. The van der Waals surface area contributed by atoms with Gasteiger partial charge in [0.05, 0.1) is 22.4 Å². The zero-order chi connectivity index (χ0) is 14.1. The molecule has 1 aromatic carbocycles. The molecule has 0 atom stereocenters. The van der Waals surface area contributed by atoms with Crippen molar-refractivity contribution in [2.24, 2.45) is 0 Å². The van der Waals surface area contributed by atoms with E-state index < -0.39 is 0 Å². The number of halogens is 3.